The van der Waals surface area contributed by atoms with Crippen LogP contribution >= 0.6 is 0 Å². The Kier molecular flexibility index (Phi) is 5.12. The molecule has 0 fully saturated rings. The van der Waals surface area contributed by atoms with Crippen LogP contribution in [0.15, 0.2) is 48.7 Å². The average Bonchev–Trinajstić information content (AvgIpc) is 3.34. The average molecular weight is 393 g/mol. The molecule has 1 amide bonds. The van der Waals surface area contributed by atoms with E-state index in [1.807, 2.05) is 50.2 Å². The summed E-state index contributed by atoms with van der Waals surface area (Å²) in [6.07, 6.45) is 1.00. The number of rotatable bonds is 6. The van der Waals surface area contributed by atoms with Gasteiger partial charge in [-0.15, -0.1) is 0 Å². The topological polar surface area (TPSA) is 74.6 Å². The number of aromatic nitrogens is 2. The Morgan fingerprint density at radius 1 is 1.14 bits per heavy atom. The van der Waals surface area contributed by atoms with E-state index in [4.69, 9.17) is 14.2 Å². The molecule has 0 saturated carbocycles. The predicted octanol–water partition coefficient (Wildman–Crippen LogP) is 3.68. The lowest BCUT2D eigenvalue weighted by molar-refractivity contribution is -0.122. The molecule has 1 unspecified atom stereocenters. The van der Waals surface area contributed by atoms with E-state index in [2.05, 4.69) is 10.4 Å². The molecule has 0 aliphatic carbocycles. The molecule has 7 heteroatoms. The van der Waals surface area contributed by atoms with E-state index < -0.39 is 6.10 Å². The Labute approximate surface area is 169 Å². The number of carbonyl (C=O) groups excluding carboxylic acids is 1. The van der Waals surface area contributed by atoms with E-state index in [0.717, 1.165) is 22.6 Å². The van der Waals surface area contributed by atoms with Gasteiger partial charge in [0, 0.05) is 6.07 Å². The third kappa shape index (κ3) is 4.18. The minimum absolute atomic E-state index is 0.236. The fraction of sp³-hybridized carbons (Fsp3) is 0.273. The lowest BCUT2D eigenvalue weighted by Crippen LogP contribution is -2.31. The molecule has 1 aliphatic rings. The van der Waals surface area contributed by atoms with Crippen molar-refractivity contribution in [3.05, 3.63) is 65.4 Å². The largest absolute Gasteiger partial charge is 0.481 e. The zero-order valence-electron chi connectivity index (χ0n) is 16.6. The Balaban J connectivity index is 1.41. The molecule has 29 heavy (non-hydrogen) atoms. The molecular formula is C22H23N3O4. The summed E-state index contributed by atoms with van der Waals surface area (Å²) in [6, 6.07) is 13.3. The monoisotopic (exact) mass is 393 g/mol. The zero-order chi connectivity index (χ0) is 20.4. The predicted molar refractivity (Wildman–Crippen MR) is 109 cm³/mol. The summed E-state index contributed by atoms with van der Waals surface area (Å²) < 4.78 is 18.3. The van der Waals surface area contributed by atoms with Crippen LogP contribution in [0.25, 0.3) is 0 Å². The Hall–Kier alpha value is -3.48. The fourth-order valence-corrected chi connectivity index (χ4v) is 3.05. The SMILES string of the molecule is Cc1ccc(OC(C)C(=O)Nc2ccnn2Cc2ccc3c(c2)OCO3)cc1C. The fourth-order valence-electron chi connectivity index (χ4n) is 3.05. The number of aryl methyl sites for hydroxylation is 2. The van der Waals surface area contributed by atoms with Crippen molar-refractivity contribution in [3.8, 4) is 17.2 Å². The van der Waals surface area contributed by atoms with Crippen molar-refractivity contribution in [2.75, 3.05) is 12.1 Å². The number of carbonyl (C=O) groups is 1. The first-order valence-electron chi connectivity index (χ1n) is 9.45. The van der Waals surface area contributed by atoms with Crippen LogP contribution in [0, 0.1) is 13.8 Å². The first-order chi connectivity index (χ1) is 14.0. The number of nitrogens with zero attached hydrogens (tertiary/aromatic N) is 2. The highest BCUT2D eigenvalue weighted by molar-refractivity contribution is 5.93. The van der Waals surface area contributed by atoms with Crippen LogP contribution < -0.4 is 19.5 Å². The first-order valence-corrected chi connectivity index (χ1v) is 9.45. The molecule has 7 nitrogen and oxygen atoms in total. The summed E-state index contributed by atoms with van der Waals surface area (Å²) in [5.41, 5.74) is 3.30. The van der Waals surface area contributed by atoms with Crippen LogP contribution in [0.3, 0.4) is 0 Å². The maximum Gasteiger partial charge on any atom is 0.266 e. The molecule has 4 rings (SSSR count). The summed E-state index contributed by atoms with van der Waals surface area (Å²) >= 11 is 0. The zero-order valence-corrected chi connectivity index (χ0v) is 16.6. The van der Waals surface area contributed by atoms with E-state index in [1.54, 1.807) is 23.9 Å². The maximum absolute atomic E-state index is 12.6. The Morgan fingerprint density at radius 3 is 2.79 bits per heavy atom. The maximum atomic E-state index is 12.6. The van der Waals surface area contributed by atoms with Crippen molar-refractivity contribution >= 4 is 11.7 Å². The number of benzene rings is 2. The third-order valence-electron chi connectivity index (χ3n) is 4.90. The quantitative estimate of drug-likeness (QED) is 0.691. The van der Waals surface area contributed by atoms with Crippen LogP contribution in [-0.4, -0.2) is 28.6 Å². The van der Waals surface area contributed by atoms with Crippen LogP contribution in [0.2, 0.25) is 0 Å². The molecule has 150 valence electrons. The van der Waals surface area contributed by atoms with Crippen LogP contribution in [-0.2, 0) is 11.3 Å². The summed E-state index contributed by atoms with van der Waals surface area (Å²) in [4.78, 5) is 12.6. The van der Waals surface area contributed by atoms with Gasteiger partial charge in [-0.2, -0.15) is 5.10 Å². The van der Waals surface area contributed by atoms with Gasteiger partial charge >= 0.3 is 0 Å². The van der Waals surface area contributed by atoms with Crippen molar-refractivity contribution in [2.24, 2.45) is 0 Å². The molecule has 1 N–H and O–H groups in total. The summed E-state index contributed by atoms with van der Waals surface area (Å²) in [6.45, 7) is 6.51. The van der Waals surface area contributed by atoms with E-state index >= 15 is 0 Å². The van der Waals surface area contributed by atoms with E-state index in [0.29, 0.717) is 18.1 Å². The number of ether oxygens (including phenoxy) is 3. The lowest BCUT2D eigenvalue weighted by atomic mass is 10.1. The summed E-state index contributed by atoms with van der Waals surface area (Å²) in [7, 11) is 0. The van der Waals surface area contributed by atoms with Gasteiger partial charge in [0.15, 0.2) is 17.6 Å². The highest BCUT2D eigenvalue weighted by Gasteiger charge is 2.18. The van der Waals surface area contributed by atoms with Crippen molar-refractivity contribution < 1.29 is 19.0 Å². The molecular weight excluding hydrogens is 370 g/mol. The highest BCUT2D eigenvalue weighted by Crippen LogP contribution is 2.32. The molecule has 1 atom stereocenters. The van der Waals surface area contributed by atoms with Crippen molar-refractivity contribution in [1.82, 2.24) is 9.78 Å². The molecule has 0 saturated heterocycles. The van der Waals surface area contributed by atoms with Gasteiger partial charge in [-0.25, -0.2) is 4.68 Å². The molecule has 0 radical (unpaired) electrons. The van der Waals surface area contributed by atoms with Gasteiger partial charge < -0.3 is 19.5 Å². The number of nitrogens with one attached hydrogen (secondary N) is 1. The number of anilines is 1. The second kappa shape index (κ2) is 7.87. The van der Waals surface area contributed by atoms with Crippen molar-refractivity contribution in [1.29, 1.82) is 0 Å². The van der Waals surface area contributed by atoms with Crippen LogP contribution in [0.5, 0.6) is 17.2 Å². The van der Waals surface area contributed by atoms with Gasteiger partial charge in [-0.3, -0.25) is 4.79 Å². The van der Waals surface area contributed by atoms with Gasteiger partial charge in [0.25, 0.3) is 5.91 Å². The van der Waals surface area contributed by atoms with Crippen molar-refractivity contribution in [3.63, 3.8) is 0 Å². The van der Waals surface area contributed by atoms with E-state index in [1.165, 1.54) is 5.56 Å². The second-order valence-electron chi connectivity index (χ2n) is 7.06. The lowest BCUT2D eigenvalue weighted by Gasteiger charge is -2.16. The molecule has 2 aromatic carbocycles. The smallest absolute Gasteiger partial charge is 0.266 e. The van der Waals surface area contributed by atoms with Crippen LogP contribution in [0.4, 0.5) is 5.82 Å². The van der Waals surface area contributed by atoms with Gasteiger partial charge in [0.05, 0.1) is 12.7 Å². The van der Waals surface area contributed by atoms with Gasteiger partial charge in [-0.05, 0) is 61.7 Å². The highest BCUT2D eigenvalue weighted by atomic mass is 16.7. The molecule has 3 aromatic rings. The normalized spacial score (nSPS) is 13.2. The van der Waals surface area contributed by atoms with Gasteiger partial charge in [-0.1, -0.05) is 12.1 Å². The van der Waals surface area contributed by atoms with Gasteiger partial charge in [0.2, 0.25) is 6.79 Å². The Morgan fingerprint density at radius 2 is 1.97 bits per heavy atom. The van der Waals surface area contributed by atoms with Crippen molar-refractivity contribution in [2.45, 2.75) is 33.4 Å². The number of fused-ring (bicyclic) bond motifs is 1. The Bertz CT molecular complexity index is 1040. The second-order valence-corrected chi connectivity index (χ2v) is 7.06. The van der Waals surface area contributed by atoms with E-state index in [9.17, 15) is 4.79 Å². The first kappa shape index (κ1) is 18.9. The molecule has 1 aromatic heterocycles. The third-order valence-corrected chi connectivity index (χ3v) is 4.90. The minimum atomic E-state index is -0.647. The standard InChI is InChI=1S/C22H23N3O4/c1-14-4-6-18(10-15(14)2)29-16(3)22(26)24-21-8-9-23-25(21)12-17-5-7-19-20(11-17)28-13-27-19/h4-11,16H,12-13H2,1-3H3,(H,24,26). The molecule has 1 aliphatic heterocycles. The molecule has 0 spiro atoms. The van der Waals surface area contributed by atoms with Crippen LogP contribution in [0.1, 0.15) is 23.6 Å². The summed E-state index contributed by atoms with van der Waals surface area (Å²) in [5, 5.41) is 7.20. The van der Waals surface area contributed by atoms with Gasteiger partial charge in [0.1, 0.15) is 11.6 Å². The summed E-state index contributed by atoms with van der Waals surface area (Å²) in [5.74, 6) is 2.49. The number of amides is 1. The number of hydrogen-bond donors (Lipinski definition) is 1. The molecule has 2 heterocycles. The van der Waals surface area contributed by atoms with E-state index in [-0.39, 0.29) is 12.7 Å². The minimum Gasteiger partial charge on any atom is -0.481 e. The number of hydrogen-bond acceptors (Lipinski definition) is 5. The molecule has 0 bridgehead atoms.